The van der Waals surface area contributed by atoms with Gasteiger partial charge in [-0.2, -0.15) is 5.09 Å². The molecule has 0 aromatic heterocycles. The van der Waals surface area contributed by atoms with Crippen molar-refractivity contribution in [1.29, 1.82) is 0 Å². The lowest BCUT2D eigenvalue weighted by Crippen LogP contribution is -2.55. The molecule has 0 bridgehead atoms. The third-order valence-corrected chi connectivity index (χ3v) is 7.06. The molecule has 2 heterocycles. The summed E-state index contributed by atoms with van der Waals surface area (Å²) in [5, 5.41) is 21.5. The van der Waals surface area contributed by atoms with E-state index in [-0.39, 0.29) is 5.75 Å². The van der Waals surface area contributed by atoms with Gasteiger partial charge in [0, 0.05) is 6.20 Å². The fraction of sp³-hybridized carbons (Fsp3) is 0.524. The van der Waals surface area contributed by atoms with Crippen LogP contribution in [0.3, 0.4) is 0 Å². The van der Waals surface area contributed by atoms with Crippen LogP contribution < -0.4 is 14.9 Å². The van der Waals surface area contributed by atoms with E-state index in [4.69, 9.17) is 30.1 Å². The van der Waals surface area contributed by atoms with Gasteiger partial charge in [-0.05, 0) is 39.0 Å². The normalized spacial score (nSPS) is 30.6. The number of hydrogen-bond acceptors (Lipinski definition) is 9. The second-order valence-corrected chi connectivity index (χ2v) is 10.6. The fourth-order valence-corrected chi connectivity index (χ4v) is 5.09. The molecule has 1 fully saturated rings. The number of hydrogen-bond donors (Lipinski definition) is 4. The highest BCUT2D eigenvalue weighted by Crippen LogP contribution is 2.47. The number of rotatable bonds is 10. The van der Waals surface area contributed by atoms with E-state index in [1.807, 2.05) is 0 Å². The van der Waals surface area contributed by atoms with Crippen LogP contribution >= 0.6 is 19.3 Å². The van der Waals surface area contributed by atoms with Gasteiger partial charge < -0.3 is 29.5 Å². The minimum Gasteiger partial charge on any atom is -0.462 e. The number of esters is 1. The van der Waals surface area contributed by atoms with Crippen molar-refractivity contribution in [2.24, 2.45) is 0 Å². The highest BCUT2D eigenvalue weighted by Gasteiger charge is 2.60. The molecule has 1 aromatic carbocycles. The molecule has 0 spiro atoms. The number of halogens is 2. The molecule has 1 saturated heterocycles. The van der Waals surface area contributed by atoms with Gasteiger partial charge in [0.2, 0.25) is 0 Å². The predicted octanol–water partition coefficient (Wildman–Crippen LogP) is 1.97. The van der Waals surface area contributed by atoms with Crippen LogP contribution in [0.2, 0.25) is 0 Å². The number of ether oxygens (including phenoxy) is 2. The highest BCUT2D eigenvalue weighted by molar-refractivity contribution is 7.52. The van der Waals surface area contributed by atoms with Crippen LogP contribution in [0.5, 0.6) is 5.75 Å². The summed E-state index contributed by atoms with van der Waals surface area (Å²) in [6.07, 6.45) is -4.87. The fourth-order valence-electron chi connectivity index (χ4n) is 3.29. The molecule has 4 N–H and O–H groups in total. The average Bonchev–Trinajstić information content (AvgIpc) is 3.01. The zero-order chi connectivity index (χ0) is 26.7. The van der Waals surface area contributed by atoms with E-state index >= 15 is 4.39 Å². The molecule has 200 valence electrons. The molecule has 2 unspecified atom stereocenters. The first-order valence-electron chi connectivity index (χ1n) is 11.0. The topological polar surface area (TPSA) is 156 Å². The Morgan fingerprint density at radius 1 is 1.33 bits per heavy atom. The van der Waals surface area contributed by atoms with Crippen LogP contribution in [0.15, 0.2) is 42.6 Å². The van der Waals surface area contributed by atoms with Gasteiger partial charge in [-0.25, -0.2) is 13.8 Å². The molecule has 2 aliphatic heterocycles. The number of nitrogens with zero attached hydrogens (tertiary/aromatic N) is 1. The Kier molecular flexibility index (Phi) is 8.99. The lowest BCUT2D eigenvalue weighted by Gasteiger charge is -2.33. The summed E-state index contributed by atoms with van der Waals surface area (Å²) in [7, 11) is -4.34. The predicted molar refractivity (Wildman–Crippen MR) is 124 cm³/mol. The first kappa shape index (κ1) is 28.3. The van der Waals surface area contributed by atoms with Gasteiger partial charge in [0.25, 0.3) is 5.13 Å². The summed E-state index contributed by atoms with van der Waals surface area (Å²) in [5.74, 6) is -0.592. The van der Waals surface area contributed by atoms with E-state index in [1.54, 1.807) is 32.0 Å². The number of carbonyl (C=O) groups is 2. The first-order chi connectivity index (χ1) is 16.8. The van der Waals surface area contributed by atoms with Gasteiger partial charge in [-0.1, -0.05) is 29.8 Å². The second-order valence-electron chi connectivity index (χ2n) is 8.32. The smallest absolute Gasteiger partial charge is 0.459 e. The molecule has 3 rings (SSSR count). The number of carbonyl (C=O) groups excluding carboxylic acids is 2. The Morgan fingerprint density at radius 3 is 2.61 bits per heavy atom. The molecule has 0 radical (unpaired) electrons. The zero-order valence-corrected chi connectivity index (χ0v) is 21.3. The Hall–Kier alpha value is -2.25. The van der Waals surface area contributed by atoms with Gasteiger partial charge in [-0.3, -0.25) is 14.2 Å². The van der Waals surface area contributed by atoms with Crippen LogP contribution in [0.25, 0.3) is 0 Å². The maximum atomic E-state index is 15.2. The van der Waals surface area contributed by atoms with Crippen LogP contribution in [0.1, 0.15) is 20.8 Å². The zero-order valence-electron chi connectivity index (χ0n) is 19.6. The second kappa shape index (κ2) is 11.4. The van der Waals surface area contributed by atoms with Crippen molar-refractivity contribution >= 4 is 31.3 Å². The minimum atomic E-state index is -4.34. The van der Waals surface area contributed by atoms with E-state index in [0.717, 1.165) is 12.3 Å². The Balaban J connectivity index is 1.75. The standard InChI is InChI=1S/C21H28ClFN3O9P/c1-12(2)33-18(29)13(3)25-36(31,35-14-7-5-4-6-8-14)32-11-15-17(28)21(22,23)19(34-15)26-10-9-16(27)24-20(26)30/h4-10,12-13,15-17,19,27-28H,11H2,1-3H3,(H,24,30)(H,25,31)/t13-,15+,16?,17+,19+,21+,36?/m0/s1. The maximum Gasteiger partial charge on any atom is 0.459 e. The quantitative estimate of drug-likeness (QED) is 0.193. The van der Waals surface area contributed by atoms with Crippen molar-refractivity contribution < 1.29 is 47.3 Å². The van der Waals surface area contributed by atoms with Crippen molar-refractivity contribution in [3.05, 3.63) is 42.6 Å². The molecular formula is C21H28ClFN3O9P. The largest absolute Gasteiger partial charge is 0.462 e. The Labute approximate surface area is 211 Å². The van der Waals surface area contributed by atoms with Crippen molar-refractivity contribution in [1.82, 2.24) is 15.3 Å². The van der Waals surface area contributed by atoms with Crippen molar-refractivity contribution in [3.63, 3.8) is 0 Å². The summed E-state index contributed by atoms with van der Waals surface area (Å²) in [4.78, 5) is 25.1. The molecule has 0 saturated carbocycles. The third kappa shape index (κ3) is 6.74. The number of urea groups is 1. The van der Waals surface area contributed by atoms with Gasteiger partial charge in [-0.15, -0.1) is 0 Å². The van der Waals surface area contributed by atoms with Crippen LogP contribution in [0.4, 0.5) is 9.18 Å². The molecule has 2 amide bonds. The lowest BCUT2D eigenvalue weighted by molar-refractivity contribution is -0.149. The van der Waals surface area contributed by atoms with Crippen LogP contribution in [-0.2, 0) is 23.4 Å². The summed E-state index contributed by atoms with van der Waals surface area (Å²) in [6.45, 7) is 3.96. The number of aliphatic hydroxyl groups is 2. The Morgan fingerprint density at radius 2 is 2.00 bits per heavy atom. The van der Waals surface area contributed by atoms with Gasteiger partial charge in [0.05, 0.1) is 12.7 Å². The summed E-state index contributed by atoms with van der Waals surface area (Å²) < 4.78 is 50.2. The number of para-hydroxylation sites is 1. The SMILES string of the molecule is CC(C)OC(=O)[C@H](C)NP(=O)(OC[C@H]1O[C@@H](N2C=CC(O)NC2=O)[C@@](F)(Cl)[C@@H]1O)Oc1ccccc1. The van der Waals surface area contributed by atoms with E-state index in [2.05, 4.69) is 10.4 Å². The number of amides is 2. The highest BCUT2D eigenvalue weighted by atomic mass is 35.5. The molecule has 12 nitrogen and oxygen atoms in total. The van der Waals surface area contributed by atoms with E-state index in [1.165, 1.54) is 19.1 Å². The number of nitrogens with one attached hydrogen (secondary N) is 2. The van der Waals surface area contributed by atoms with Crippen molar-refractivity contribution in [2.45, 2.75) is 62.7 Å². The lowest BCUT2D eigenvalue weighted by atomic mass is 10.1. The summed E-state index contributed by atoms with van der Waals surface area (Å²) >= 11 is 5.88. The van der Waals surface area contributed by atoms with E-state index in [9.17, 15) is 24.4 Å². The summed E-state index contributed by atoms with van der Waals surface area (Å²) in [5.41, 5.74) is 0. The molecule has 36 heavy (non-hydrogen) atoms. The van der Waals surface area contributed by atoms with Crippen LogP contribution in [-0.4, -0.2) is 75.7 Å². The first-order valence-corrected chi connectivity index (χ1v) is 12.9. The molecule has 2 aliphatic rings. The van der Waals surface area contributed by atoms with E-state index < -0.39 is 68.3 Å². The third-order valence-electron chi connectivity index (χ3n) is 5.00. The molecule has 7 atom stereocenters. The van der Waals surface area contributed by atoms with E-state index in [0.29, 0.717) is 4.90 Å². The molecular weight excluding hydrogens is 524 g/mol. The number of aliphatic hydroxyl groups excluding tert-OH is 2. The van der Waals surface area contributed by atoms with Gasteiger partial charge >= 0.3 is 19.7 Å². The monoisotopic (exact) mass is 551 g/mol. The maximum absolute atomic E-state index is 15.2. The number of benzene rings is 1. The van der Waals surface area contributed by atoms with Gasteiger partial charge in [0.15, 0.2) is 6.23 Å². The average molecular weight is 552 g/mol. The minimum absolute atomic E-state index is 0.134. The summed E-state index contributed by atoms with van der Waals surface area (Å²) in [6, 6.07) is 5.85. The number of alkyl halides is 2. The Bertz CT molecular complexity index is 1020. The molecule has 15 heteroatoms. The molecule has 1 aromatic rings. The van der Waals surface area contributed by atoms with Crippen molar-refractivity contribution in [2.75, 3.05) is 6.61 Å². The van der Waals surface area contributed by atoms with Crippen molar-refractivity contribution in [3.8, 4) is 5.75 Å². The van der Waals surface area contributed by atoms with Crippen LogP contribution in [0, 0.1) is 0 Å². The van der Waals surface area contributed by atoms with Gasteiger partial charge in [0.1, 0.15) is 30.2 Å². The molecule has 0 aliphatic carbocycles.